The Bertz CT molecular complexity index is 334. The van der Waals surface area contributed by atoms with Crippen molar-refractivity contribution in [3.63, 3.8) is 0 Å². The molecule has 1 aliphatic rings. The summed E-state index contributed by atoms with van der Waals surface area (Å²) in [6, 6.07) is 6.77. The van der Waals surface area contributed by atoms with Gasteiger partial charge in [-0.3, -0.25) is 0 Å². The molecule has 0 N–H and O–H groups in total. The zero-order valence-corrected chi connectivity index (χ0v) is 11.4. The highest BCUT2D eigenvalue weighted by Crippen LogP contribution is 2.24. The van der Waals surface area contributed by atoms with Crippen molar-refractivity contribution in [2.75, 3.05) is 29.5 Å². The van der Waals surface area contributed by atoms with Gasteiger partial charge in [-0.1, -0.05) is 28.1 Å². The van der Waals surface area contributed by atoms with Crippen LogP contribution in [0.2, 0.25) is 0 Å². The fourth-order valence-corrected chi connectivity index (χ4v) is 3.21. The molecule has 1 aromatic rings. The summed E-state index contributed by atoms with van der Waals surface area (Å²) < 4.78 is 0. The van der Waals surface area contributed by atoms with Gasteiger partial charge in [0.1, 0.15) is 0 Å². The summed E-state index contributed by atoms with van der Waals surface area (Å²) in [5.41, 5.74) is 4.18. The second-order valence-corrected chi connectivity index (χ2v) is 5.64. The van der Waals surface area contributed by atoms with Gasteiger partial charge in [0, 0.05) is 35.6 Å². The molecule has 3 heteroatoms. The van der Waals surface area contributed by atoms with Crippen LogP contribution in [-0.2, 0) is 5.33 Å². The minimum absolute atomic E-state index is 0.948. The van der Waals surface area contributed by atoms with Crippen LogP contribution in [-0.4, -0.2) is 24.6 Å². The predicted octanol–water partition coefficient (Wildman–Crippen LogP) is 3.44. The molecular weight excluding hydrogens is 270 g/mol. The normalized spacial score (nSPS) is 16.8. The van der Waals surface area contributed by atoms with E-state index in [0.29, 0.717) is 0 Å². The van der Waals surface area contributed by atoms with Crippen molar-refractivity contribution in [2.45, 2.75) is 12.3 Å². The average molecular weight is 286 g/mol. The minimum Gasteiger partial charge on any atom is -0.370 e. The van der Waals surface area contributed by atoms with E-state index in [9.17, 15) is 0 Å². The van der Waals surface area contributed by atoms with E-state index < -0.39 is 0 Å². The quantitative estimate of drug-likeness (QED) is 0.766. The number of anilines is 1. The Morgan fingerprint density at radius 2 is 2.07 bits per heavy atom. The monoisotopic (exact) mass is 285 g/mol. The summed E-state index contributed by atoms with van der Waals surface area (Å²) in [5, 5.41) is 0.948. The maximum absolute atomic E-state index is 3.50. The van der Waals surface area contributed by atoms with Crippen molar-refractivity contribution in [2.24, 2.45) is 0 Å². The van der Waals surface area contributed by atoms with E-state index >= 15 is 0 Å². The van der Waals surface area contributed by atoms with Crippen LogP contribution in [0.1, 0.15) is 11.1 Å². The van der Waals surface area contributed by atoms with Crippen molar-refractivity contribution in [1.82, 2.24) is 0 Å². The molecule has 1 heterocycles. The number of halogens is 1. The van der Waals surface area contributed by atoms with Gasteiger partial charge in [-0.25, -0.2) is 0 Å². The highest BCUT2D eigenvalue weighted by atomic mass is 79.9. The summed E-state index contributed by atoms with van der Waals surface area (Å²) in [4.78, 5) is 2.50. The van der Waals surface area contributed by atoms with Crippen LogP contribution in [0, 0.1) is 6.92 Å². The lowest BCUT2D eigenvalue weighted by atomic mass is 10.1. The fourth-order valence-electron chi connectivity index (χ4n) is 1.96. The van der Waals surface area contributed by atoms with E-state index in [2.05, 4.69) is 57.7 Å². The van der Waals surface area contributed by atoms with Gasteiger partial charge in [-0.05, 0) is 24.1 Å². The molecule has 0 bridgehead atoms. The standard InChI is InChI=1S/C12H16BrNS/c1-10-8-11(9-13)2-3-12(10)14-4-6-15-7-5-14/h2-3,8H,4-7,9H2,1H3. The second kappa shape index (κ2) is 5.26. The molecule has 0 atom stereocenters. The van der Waals surface area contributed by atoms with E-state index in [1.165, 1.54) is 41.4 Å². The van der Waals surface area contributed by atoms with Crippen LogP contribution in [0.5, 0.6) is 0 Å². The Labute approximate surface area is 104 Å². The number of alkyl halides is 1. The highest BCUT2D eigenvalue weighted by molar-refractivity contribution is 9.08. The van der Waals surface area contributed by atoms with Gasteiger partial charge in [0.25, 0.3) is 0 Å². The molecular formula is C12H16BrNS. The number of rotatable bonds is 2. The van der Waals surface area contributed by atoms with E-state index in [4.69, 9.17) is 0 Å². The molecule has 2 rings (SSSR count). The fraction of sp³-hybridized carbons (Fsp3) is 0.500. The molecule has 1 aliphatic heterocycles. The number of benzene rings is 1. The third-order valence-corrected chi connectivity index (χ3v) is 4.36. The third kappa shape index (κ3) is 2.70. The largest absolute Gasteiger partial charge is 0.370 e. The predicted molar refractivity (Wildman–Crippen MR) is 73.3 cm³/mol. The molecule has 1 saturated heterocycles. The molecule has 15 heavy (non-hydrogen) atoms. The maximum atomic E-state index is 3.50. The summed E-state index contributed by atoms with van der Waals surface area (Å²) >= 11 is 5.55. The number of nitrogens with zero attached hydrogens (tertiary/aromatic N) is 1. The number of thioether (sulfide) groups is 1. The Morgan fingerprint density at radius 1 is 1.33 bits per heavy atom. The zero-order valence-electron chi connectivity index (χ0n) is 9.00. The first-order valence-corrected chi connectivity index (χ1v) is 7.57. The molecule has 1 aromatic carbocycles. The van der Waals surface area contributed by atoms with Crippen LogP contribution in [0.4, 0.5) is 5.69 Å². The van der Waals surface area contributed by atoms with Crippen LogP contribution in [0.25, 0.3) is 0 Å². The topological polar surface area (TPSA) is 3.24 Å². The first-order valence-electron chi connectivity index (χ1n) is 5.29. The molecule has 0 aromatic heterocycles. The molecule has 0 unspecified atom stereocenters. The van der Waals surface area contributed by atoms with Crippen molar-refractivity contribution >= 4 is 33.4 Å². The molecule has 0 aliphatic carbocycles. The maximum Gasteiger partial charge on any atom is 0.0396 e. The lowest BCUT2D eigenvalue weighted by Crippen LogP contribution is -2.32. The Balaban J connectivity index is 2.19. The first kappa shape index (κ1) is 11.3. The molecule has 0 amide bonds. The summed E-state index contributed by atoms with van der Waals surface area (Å²) in [7, 11) is 0. The molecule has 1 nitrogen and oxygen atoms in total. The minimum atomic E-state index is 0.948. The van der Waals surface area contributed by atoms with Crippen LogP contribution >= 0.6 is 27.7 Å². The zero-order chi connectivity index (χ0) is 10.7. The second-order valence-electron chi connectivity index (χ2n) is 3.85. The molecule has 1 fully saturated rings. The van der Waals surface area contributed by atoms with Gasteiger partial charge >= 0.3 is 0 Å². The SMILES string of the molecule is Cc1cc(CBr)ccc1N1CCSCC1. The van der Waals surface area contributed by atoms with Crippen LogP contribution in [0.3, 0.4) is 0 Å². The summed E-state index contributed by atoms with van der Waals surface area (Å²) in [6.45, 7) is 4.60. The van der Waals surface area contributed by atoms with Crippen molar-refractivity contribution in [3.8, 4) is 0 Å². The van der Waals surface area contributed by atoms with Crippen LogP contribution < -0.4 is 4.90 Å². The first-order chi connectivity index (χ1) is 7.31. The smallest absolute Gasteiger partial charge is 0.0396 e. The third-order valence-electron chi connectivity index (χ3n) is 2.77. The highest BCUT2D eigenvalue weighted by Gasteiger charge is 2.12. The van der Waals surface area contributed by atoms with Crippen molar-refractivity contribution < 1.29 is 0 Å². The lowest BCUT2D eigenvalue weighted by molar-refractivity contribution is 0.854. The van der Waals surface area contributed by atoms with Gasteiger partial charge in [0.2, 0.25) is 0 Å². The summed E-state index contributed by atoms with van der Waals surface area (Å²) in [6.07, 6.45) is 0. The average Bonchev–Trinajstić information content (AvgIpc) is 2.30. The Morgan fingerprint density at radius 3 is 2.67 bits per heavy atom. The number of aryl methyl sites for hydroxylation is 1. The molecule has 0 saturated carbocycles. The lowest BCUT2D eigenvalue weighted by Gasteiger charge is -2.30. The van der Waals surface area contributed by atoms with Crippen molar-refractivity contribution in [3.05, 3.63) is 29.3 Å². The Hall–Kier alpha value is -0.150. The van der Waals surface area contributed by atoms with Gasteiger partial charge < -0.3 is 4.90 Å². The number of hydrogen-bond acceptors (Lipinski definition) is 2. The van der Waals surface area contributed by atoms with E-state index in [-0.39, 0.29) is 0 Å². The Kier molecular flexibility index (Phi) is 3.98. The van der Waals surface area contributed by atoms with Gasteiger partial charge in [-0.2, -0.15) is 11.8 Å². The van der Waals surface area contributed by atoms with Crippen LogP contribution in [0.15, 0.2) is 18.2 Å². The van der Waals surface area contributed by atoms with Gasteiger partial charge in [0.15, 0.2) is 0 Å². The number of hydrogen-bond donors (Lipinski definition) is 0. The molecule has 0 spiro atoms. The van der Waals surface area contributed by atoms with Gasteiger partial charge in [0.05, 0.1) is 0 Å². The van der Waals surface area contributed by atoms with E-state index in [1.54, 1.807) is 0 Å². The van der Waals surface area contributed by atoms with E-state index in [0.717, 1.165) is 5.33 Å². The van der Waals surface area contributed by atoms with E-state index in [1.807, 2.05) is 0 Å². The molecule has 82 valence electrons. The summed E-state index contributed by atoms with van der Waals surface area (Å²) in [5.74, 6) is 2.53. The molecule has 0 radical (unpaired) electrons. The van der Waals surface area contributed by atoms with Crippen molar-refractivity contribution in [1.29, 1.82) is 0 Å². The van der Waals surface area contributed by atoms with Gasteiger partial charge in [-0.15, -0.1) is 0 Å².